The maximum Gasteiger partial charge on any atom is 0.137 e. The van der Waals surface area contributed by atoms with Crippen LogP contribution in [0.2, 0.25) is 0 Å². The fourth-order valence-electron chi connectivity index (χ4n) is 5.69. The van der Waals surface area contributed by atoms with Crippen LogP contribution in [0.4, 0.5) is 0 Å². The van der Waals surface area contributed by atoms with Crippen molar-refractivity contribution in [2.75, 3.05) is 12.5 Å². The molecule has 212 valence electrons. The average molecular weight is 599 g/mol. The van der Waals surface area contributed by atoms with Crippen molar-refractivity contribution in [2.24, 2.45) is 0 Å². The van der Waals surface area contributed by atoms with Gasteiger partial charge in [0.1, 0.15) is 17.3 Å². The first kappa shape index (κ1) is 27.4. The van der Waals surface area contributed by atoms with E-state index in [2.05, 4.69) is 110 Å². The zero-order valence-electron chi connectivity index (χ0n) is 24.4. The first-order valence-electron chi connectivity index (χ1n) is 14.0. The van der Waals surface area contributed by atoms with Gasteiger partial charge in [-0.3, -0.25) is 4.57 Å². The van der Waals surface area contributed by atoms with Crippen LogP contribution in [0.3, 0.4) is 0 Å². The topological polar surface area (TPSA) is 44.9 Å². The Kier molecular flexibility index (Phi) is 7.21. The van der Waals surface area contributed by atoms with Gasteiger partial charge in [-0.25, -0.2) is 9.67 Å². The highest BCUT2D eigenvalue weighted by atomic mass is 32.2. The fourth-order valence-corrected chi connectivity index (χ4v) is 7.05. The molecule has 43 heavy (non-hydrogen) atoms. The molecule has 0 N–H and O–H groups in total. The Morgan fingerprint density at radius 1 is 0.698 bits per heavy atom. The van der Waals surface area contributed by atoms with Crippen LogP contribution in [0.25, 0.3) is 44.4 Å². The maximum absolute atomic E-state index is 6.52. The third kappa shape index (κ3) is 5.09. The second-order valence-electron chi connectivity index (χ2n) is 10.5. The van der Waals surface area contributed by atoms with Crippen LogP contribution in [0.5, 0.6) is 11.5 Å². The number of hydrogen-bond donors (Lipinski definition) is 0. The summed E-state index contributed by atoms with van der Waals surface area (Å²) in [5.41, 5.74) is 7.71. The molecule has 5 nitrogen and oxygen atoms in total. The molecule has 0 spiro atoms. The van der Waals surface area contributed by atoms with E-state index < -0.39 is 0 Å². The smallest absolute Gasteiger partial charge is 0.137 e. The number of benzene rings is 4. The summed E-state index contributed by atoms with van der Waals surface area (Å²) in [6.45, 7) is 4.18. The molecule has 0 bridgehead atoms. The zero-order valence-corrected chi connectivity index (χ0v) is 26.0. The van der Waals surface area contributed by atoms with Gasteiger partial charge in [-0.2, -0.15) is 5.10 Å². The lowest BCUT2D eigenvalue weighted by Gasteiger charge is -2.12. The number of thioether (sulfide) groups is 2. The number of hydrogen-bond acceptors (Lipinski definition) is 5. The number of para-hydroxylation sites is 1. The van der Waals surface area contributed by atoms with Gasteiger partial charge in [-0.1, -0.05) is 24.3 Å². The van der Waals surface area contributed by atoms with Crippen LogP contribution in [-0.2, 0) is 0 Å². The summed E-state index contributed by atoms with van der Waals surface area (Å²) in [4.78, 5) is 7.20. The second-order valence-corrected chi connectivity index (χ2v) is 12.2. The van der Waals surface area contributed by atoms with Crippen LogP contribution in [0.15, 0.2) is 119 Å². The summed E-state index contributed by atoms with van der Waals surface area (Å²) in [6.07, 6.45) is 10.1. The minimum Gasteiger partial charge on any atom is -0.457 e. The summed E-state index contributed by atoms with van der Waals surface area (Å²) < 4.78 is 10.7. The van der Waals surface area contributed by atoms with E-state index in [1.807, 2.05) is 35.3 Å². The molecule has 3 aromatic heterocycles. The predicted octanol–water partition coefficient (Wildman–Crippen LogP) is 9.88. The van der Waals surface area contributed by atoms with E-state index >= 15 is 0 Å². The molecule has 0 saturated carbocycles. The van der Waals surface area contributed by atoms with E-state index in [0.717, 1.165) is 50.6 Å². The van der Waals surface area contributed by atoms with E-state index in [9.17, 15) is 0 Å². The molecule has 0 aliphatic heterocycles. The lowest BCUT2D eigenvalue weighted by atomic mass is 10.1. The van der Waals surface area contributed by atoms with Crippen LogP contribution in [-0.4, -0.2) is 31.8 Å². The monoisotopic (exact) mass is 598 g/mol. The molecule has 3 heterocycles. The normalized spacial score (nSPS) is 11.4. The summed E-state index contributed by atoms with van der Waals surface area (Å²) in [5.74, 6) is 2.42. The summed E-state index contributed by atoms with van der Waals surface area (Å²) in [6, 6.07) is 31.6. The van der Waals surface area contributed by atoms with E-state index in [4.69, 9.17) is 14.8 Å². The number of rotatable bonds is 7. The SMILES string of the molecule is CSc1cccc(SC)c1-c1cnn(-c2cc(C)cc(Oc3ccc4c5ccccc5n(-c5cc(C)ccn5)c4c3)c2)c1. The number of nitrogens with zero attached hydrogens (tertiary/aromatic N) is 4. The largest absolute Gasteiger partial charge is 0.457 e. The Balaban J connectivity index is 1.27. The second kappa shape index (κ2) is 11.3. The molecule has 7 aromatic rings. The molecule has 0 saturated heterocycles. The number of pyridine rings is 1. The highest BCUT2D eigenvalue weighted by Crippen LogP contribution is 2.39. The van der Waals surface area contributed by atoms with Gasteiger partial charge in [0.25, 0.3) is 0 Å². The van der Waals surface area contributed by atoms with Gasteiger partial charge in [0.15, 0.2) is 0 Å². The minimum absolute atomic E-state index is 0.761. The van der Waals surface area contributed by atoms with Gasteiger partial charge in [-0.15, -0.1) is 23.5 Å². The highest BCUT2D eigenvalue weighted by Gasteiger charge is 2.16. The number of aryl methyl sites for hydroxylation is 2. The van der Waals surface area contributed by atoms with E-state index in [0.29, 0.717) is 0 Å². The van der Waals surface area contributed by atoms with Crippen molar-refractivity contribution in [3.8, 4) is 34.1 Å². The van der Waals surface area contributed by atoms with Gasteiger partial charge in [0.2, 0.25) is 0 Å². The summed E-state index contributed by atoms with van der Waals surface area (Å²) in [5, 5.41) is 7.10. The van der Waals surface area contributed by atoms with Crippen molar-refractivity contribution in [1.29, 1.82) is 0 Å². The lowest BCUT2D eigenvalue weighted by Crippen LogP contribution is -1.98. The van der Waals surface area contributed by atoms with Gasteiger partial charge >= 0.3 is 0 Å². The molecule has 0 aliphatic carbocycles. The molecule has 0 radical (unpaired) electrons. The molecule has 7 heteroatoms. The molecule has 0 amide bonds. The van der Waals surface area contributed by atoms with Crippen LogP contribution >= 0.6 is 23.5 Å². The van der Waals surface area contributed by atoms with Crippen LogP contribution in [0.1, 0.15) is 11.1 Å². The molecule has 0 aliphatic rings. The molecular formula is C36H30N4OS2. The quantitative estimate of drug-likeness (QED) is 0.171. The van der Waals surface area contributed by atoms with Gasteiger partial charge in [0.05, 0.1) is 22.9 Å². The Hall–Kier alpha value is -4.46. The number of fused-ring (bicyclic) bond motifs is 3. The Labute approximate surface area is 259 Å². The van der Waals surface area contributed by atoms with Gasteiger partial charge < -0.3 is 4.74 Å². The summed E-state index contributed by atoms with van der Waals surface area (Å²) in [7, 11) is 0. The molecule has 0 atom stereocenters. The van der Waals surface area contributed by atoms with E-state index in [-0.39, 0.29) is 0 Å². The van der Waals surface area contributed by atoms with Crippen LogP contribution in [0, 0.1) is 13.8 Å². The summed E-state index contributed by atoms with van der Waals surface area (Å²) >= 11 is 3.51. The molecular weight excluding hydrogens is 569 g/mol. The van der Waals surface area contributed by atoms with Gasteiger partial charge in [-0.05, 0) is 92.1 Å². The Morgan fingerprint density at radius 3 is 2.28 bits per heavy atom. The average Bonchev–Trinajstić information content (AvgIpc) is 3.63. The third-order valence-electron chi connectivity index (χ3n) is 7.61. The van der Waals surface area contributed by atoms with E-state index in [1.54, 1.807) is 23.5 Å². The molecule has 0 unspecified atom stereocenters. The molecule has 4 aromatic carbocycles. The highest BCUT2D eigenvalue weighted by molar-refractivity contribution is 7.99. The van der Waals surface area contributed by atoms with Crippen molar-refractivity contribution in [2.45, 2.75) is 23.6 Å². The van der Waals surface area contributed by atoms with Crippen molar-refractivity contribution < 1.29 is 4.74 Å². The lowest BCUT2D eigenvalue weighted by molar-refractivity contribution is 0.482. The van der Waals surface area contributed by atoms with Crippen molar-refractivity contribution in [1.82, 2.24) is 19.3 Å². The Bertz CT molecular complexity index is 2110. The van der Waals surface area contributed by atoms with Crippen molar-refractivity contribution >= 4 is 45.3 Å². The molecule has 7 rings (SSSR count). The standard InChI is InChI=1S/C36H30N4OS2/c1-23-14-15-37-35(18-23)40-31-9-6-5-8-29(31)30-13-12-27(20-32(30)40)41-28-17-24(2)16-26(19-28)39-22-25(21-38-39)36-33(42-3)10-7-11-34(36)43-4/h5-22H,1-4H3. The minimum atomic E-state index is 0.761. The van der Waals surface area contributed by atoms with Crippen molar-refractivity contribution in [3.63, 3.8) is 0 Å². The first-order chi connectivity index (χ1) is 21.0. The third-order valence-corrected chi connectivity index (χ3v) is 9.17. The fraction of sp³-hybridized carbons (Fsp3) is 0.111. The maximum atomic E-state index is 6.52. The number of aromatic nitrogens is 4. The van der Waals surface area contributed by atoms with E-state index in [1.165, 1.54) is 26.3 Å². The van der Waals surface area contributed by atoms with Crippen molar-refractivity contribution in [3.05, 3.63) is 121 Å². The van der Waals surface area contributed by atoms with Gasteiger partial charge in [0, 0.05) is 56.2 Å². The first-order valence-corrected chi connectivity index (χ1v) is 16.5. The predicted molar refractivity (Wildman–Crippen MR) is 181 cm³/mol. The Morgan fingerprint density at radius 2 is 1.49 bits per heavy atom. The zero-order chi connectivity index (χ0) is 29.5. The van der Waals surface area contributed by atoms with Crippen LogP contribution < -0.4 is 4.74 Å². The molecule has 0 fully saturated rings. The number of ether oxygens (including phenoxy) is 1.